The first kappa shape index (κ1) is 12.1. The Labute approximate surface area is 92.9 Å². The largest absolute Gasteiger partial charge is 0.480 e. The molecule has 6 heteroatoms. The van der Waals surface area contributed by atoms with Gasteiger partial charge in [0.05, 0.1) is 6.20 Å². The average Bonchev–Trinajstić information content (AvgIpc) is 2.28. The molecule has 0 saturated heterocycles. The van der Waals surface area contributed by atoms with Gasteiger partial charge in [0.2, 0.25) is 0 Å². The van der Waals surface area contributed by atoms with Gasteiger partial charge < -0.3 is 10.0 Å². The van der Waals surface area contributed by atoms with E-state index in [2.05, 4.69) is 9.97 Å². The summed E-state index contributed by atoms with van der Waals surface area (Å²) in [5, 5.41) is 8.68. The topological polar surface area (TPSA) is 83.4 Å². The van der Waals surface area contributed by atoms with Gasteiger partial charge in [-0.05, 0) is 6.42 Å². The molecule has 16 heavy (non-hydrogen) atoms. The minimum absolute atomic E-state index is 0.164. The van der Waals surface area contributed by atoms with Crippen molar-refractivity contribution in [1.82, 2.24) is 14.9 Å². The highest BCUT2D eigenvalue weighted by Crippen LogP contribution is 2.01. The van der Waals surface area contributed by atoms with E-state index in [1.54, 1.807) is 0 Å². The van der Waals surface area contributed by atoms with Crippen molar-refractivity contribution in [1.29, 1.82) is 0 Å². The van der Waals surface area contributed by atoms with Crippen molar-refractivity contribution in [2.45, 2.75) is 13.3 Å². The lowest BCUT2D eigenvalue weighted by atomic mass is 10.3. The molecule has 6 nitrogen and oxygen atoms in total. The van der Waals surface area contributed by atoms with Crippen molar-refractivity contribution >= 4 is 11.9 Å². The second-order valence-corrected chi connectivity index (χ2v) is 3.21. The lowest BCUT2D eigenvalue weighted by Gasteiger charge is -2.18. The minimum Gasteiger partial charge on any atom is -0.480 e. The molecule has 1 N–H and O–H groups in total. The average molecular weight is 223 g/mol. The number of aromatic nitrogens is 2. The second-order valence-electron chi connectivity index (χ2n) is 3.21. The number of carboxylic acid groups (broad SMARTS) is 1. The molecule has 86 valence electrons. The van der Waals surface area contributed by atoms with Crippen LogP contribution in [-0.4, -0.2) is 44.9 Å². The first-order valence-electron chi connectivity index (χ1n) is 4.92. The van der Waals surface area contributed by atoms with Crippen molar-refractivity contribution < 1.29 is 14.7 Å². The molecule has 0 atom stereocenters. The number of hydrogen-bond donors (Lipinski definition) is 1. The summed E-state index contributed by atoms with van der Waals surface area (Å²) in [5.74, 6) is -1.44. The van der Waals surface area contributed by atoms with Crippen LogP contribution in [0.1, 0.15) is 23.8 Å². The number of aliphatic carboxylic acids is 1. The van der Waals surface area contributed by atoms with Crippen LogP contribution < -0.4 is 0 Å². The highest BCUT2D eigenvalue weighted by atomic mass is 16.4. The number of amides is 1. The van der Waals surface area contributed by atoms with Gasteiger partial charge in [0.15, 0.2) is 0 Å². The maximum absolute atomic E-state index is 11.8. The van der Waals surface area contributed by atoms with E-state index in [4.69, 9.17) is 5.11 Å². The van der Waals surface area contributed by atoms with Crippen LogP contribution in [0, 0.1) is 0 Å². The Morgan fingerprint density at radius 3 is 2.69 bits per heavy atom. The van der Waals surface area contributed by atoms with E-state index in [0.717, 1.165) is 0 Å². The standard InChI is InChI=1S/C10H13N3O3/c1-2-5-13(7-9(14)15)10(16)8-6-11-3-4-12-8/h3-4,6H,2,5,7H2,1H3,(H,14,15). The number of rotatable bonds is 5. The molecule has 0 saturated carbocycles. The van der Waals surface area contributed by atoms with Crippen LogP contribution in [0.2, 0.25) is 0 Å². The molecule has 1 aromatic heterocycles. The molecule has 1 aromatic rings. The van der Waals surface area contributed by atoms with Crippen LogP contribution in [0.15, 0.2) is 18.6 Å². The van der Waals surface area contributed by atoms with Crippen LogP contribution in [0.25, 0.3) is 0 Å². The van der Waals surface area contributed by atoms with Crippen molar-refractivity contribution in [3.63, 3.8) is 0 Å². The Morgan fingerprint density at radius 2 is 2.19 bits per heavy atom. The Kier molecular flexibility index (Phi) is 4.38. The van der Waals surface area contributed by atoms with Gasteiger partial charge in [-0.25, -0.2) is 4.98 Å². The summed E-state index contributed by atoms with van der Waals surface area (Å²) in [6.45, 7) is 1.95. The fraction of sp³-hybridized carbons (Fsp3) is 0.400. The number of nitrogens with zero attached hydrogens (tertiary/aromatic N) is 3. The molecule has 0 aliphatic carbocycles. The summed E-state index contributed by atoms with van der Waals surface area (Å²) in [4.78, 5) is 31.3. The third-order valence-corrected chi connectivity index (χ3v) is 1.89. The fourth-order valence-corrected chi connectivity index (χ4v) is 1.26. The molecule has 0 aromatic carbocycles. The highest BCUT2D eigenvalue weighted by Gasteiger charge is 2.18. The molecule has 1 amide bonds. The Morgan fingerprint density at radius 1 is 1.44 bits per heavy atom. The van der Waals surface area contributed by atoms with Crippen LogP contribution in [0.4, 0.5) is 0 Å². The molecule has 1 heterocycles. The second kappa shape index (κ2) is 5.79. The predicted molar refractivity (Wildman–Crippen MR) is 55.9 cm³/mol. The third kappa shape index (κ3) is 3.30. The minimum atomic E-state index is -1.04. The normalized spacial score (nSPS) is 9.81. The maximum atomic E-state index is 11.8. The van der Waals surface area contributed by atoms with Gasteiger partial charge in [-0.15, -0.1) is 0 Å². The number of carbonyl (C=O) groups excluding carboxylic acids is 1. The van der Waals surface area contributed by atoms with Crippen molar-refractivity contribution in [3.8, 4) is 0 Å². The lowest BCUT2D eigenvalue weighted by molar-refractivity contribution is -0.137. The van der Waals surface area contributed by atoms with E-state index >= 15 is 0 Å². The molecule has 0 spiro atoms. The first-order valence-corrected chi connectivity index (χ1v) is 4.92. The van der Waals surface area contributed by atoms with Crippen molar-refractivity contribution in [2.75, 3.05) is 13.1 Å². The fourth-order valence-electron chi connectivity index (χ4n) is 1.26. The third-order valence-electron chi connectivity index (χ3n) is 1.89. The summed E-state index contributed by atoms with van der Waals surface area (Å²) in [5.41, 5.74) is 0.164. The van der Waals surface area contributed by atoms with E-state index in [-0.39, 0.29) is 12.2 Å². The van der Waals surface area contributed by atoms with E-state index in [1.165, 1.54) is 23.5 Å². The smallest absolute Gasteiger partial charge is 0.323 e. The zero-order chi connectivity index (χ0) is 12.0. The highest BCUT2D eigenvalue weighted by molar-refractivity contribution is 5.93. The molecule has 0 aliphatic heterocycles. The van der Waals surface area contributed by atoms with Gasteiger partial charge >= 0.3 is 5.97 Å². The summed E-state index contributed by atoms with van der Waals surface area (Å²) >= 11 is 0. The number of hydrogen-bond acceptors (Lipinski definition) is 4. The Hall–Kier alpha value is -1.98. The van der Waals surface area contributed by atoms with Crippen molar-refractivity contribution in [2.24, 2.45) is 0 Å². The molecule has 0 bridgehead atoms. The molecule has 1 rings (SSSR count). The van der Waals surface area contributed by atoms with Crippen molar-refractivity contribution in [3.05, 3.63) is 24.3 Å². The number of carboxylic acids is 1. The van der Waals surface area contributed by atoms with Gasteiger partial charge in [-0.2, -0.15) is 0 Å². The molecule has 0 radical (unpaired) electrons. The molecule has 0 fully saturated rings. The van der Waals surface area contributed by atoms with Gasteiger partial charge in [-0.1, -0.05) is 6.92 Å². The van der Waals surface area contributed by atoms with Gasteiger partial charge in [0.1, 0.15) is 12.2 Å². The molecular formula is C10H13N3O3. The number of carbonyl (C=O) groups is 2. The van der Waals surface area contributed by atoms with E-state index in [1.807, 2.05) is 6.92 Å². The van der Waals surface area contributed by atoms with Crippen LogP contribution in [-0.2, 0) is 4.79 Å². The first-order chi connectivity index (χ1) is 7.65. The zero-order valence-electron chi connectivity index (χ0n) is 8.96. The molecule has 0 unspecified atom stereocenters. The zero-order valence-corrected chi connectivity index (χ0v) is 8.96. The summed E-state index contributed by atoms with van der Waals surface area (Å²) in [6.07, 6.45) is 4.88. The summed E-state index contributed by atoms with van der Waals surface area (Å²) < 4.78 is 0. The SMILES string of the molecule is CCCN(CC(=O)O)C(=O)c1cnccn1. The Bertz CT molecular complexity index is 367. The molecular weight excluding hydrogens is 210 g/mol. The van der Waals surface area contributed by atoms with E-state index in [9.17, 15) is 9.59 Å². The lowest BCUT2D eigenvalue weighted by Crippen LogP contribution is -2.36. The van der Waals surface area contributed by atoms with Gasteiger partial charge in [0, 0.05) is 18.9 Å². The Balaban J connectivity index is 2.78. The predicted octanol–water partition coefficient (Wildman–Crippen LogP) is 0.413. The maximum Gasteiger partial charge on any atom is 0.323 e. The van der Waals surface area contributed by atoms with Crippen LogP contribution >= 0.6 is 0 Å². The van der Waals surface area contributed by atoms with Gasteiger partial charge in [-0.3, -0.25) is 14.6 Å². The van der Waals surface area contributed by atoms with Gasteiger partial charge in [0.25, 0.3) is 5.91 Å². The van der Waals surface area contributed by atoms with E-state index in [0.29, 0.717) is 13.0 Å². The van der Waals surface area contributed by atoms with Crippen LogP contribution in [0.3, 0.4) is 0 Å². The summed E-state index contributed by atoms with van der Waals surface area (Å²) in [7, 11) is 0. The van der Waals surface area contributed by atoms with Crippen LogP contribution in [0.5, 0.6) is 0 Å². The van der Waals surface area contributed by atoms with E-state index < -0.39 is 11.9 Å². The summed E-state index contributed by atoms with van der Waals surface area (Å²) in [6, 6.07) is 0. The molecule has 0 aliphatic rings. The quantitative estimate of drug-likeness (QED) is 0.781. The monoisotopic (exact) mass is 223 g/mol.